The van der Waals surface area contributed by atoms with Crippen LogP contribution >= 0.6 is 0 Å². The van der Waals surface area contributed by atoms with Gasteiger partial charge in [0.05, 0.1) is 5.60 Å². The first-order valence-electron chi connectivity index (χ1n) is 6.31. The van der Waals surface area contributed by atoms with Crippen molar-refractivity contribution in [3.05, 3.63) is 35.4 Å². The normalized spacial score (nSPS) is 28.2. The molecule has 2 rings (SSSR count). The Balaban J connectivity index is 2.42. The molecule has 0 bridgehead atoms. The highest BCUT2D eigenvalue weighted by Crippen LogP contribution is 2.52. The van der Waals surface area contributed by atoms with Crippen molar-refractivity contribution in [3.8, 4) is 0 Å². The second-order valence-electron chi connectivity index (χ2n) is 5.65. The van der Waals surface area contributed by atoms with Crippen LogP contribution in [-0.4, -0.2) is 5.11 Å². The molecule has 1 atom stereocenters. The Bertz CT molecular complexity index is 381. The van der Waals surface area contributed by atoms with E-state index in [1.807, 2.05) is 0 Å². The molecule has 1 fully saturated rings. The maximum Gasteiger partial charge on any atom is 0.0947 e. The fraction of sp³-hybridized carbons (Fsp3) is 0.600. The molecule has 1 aromatic rings. The highest BCUT2D eigenvalue weighted by molar-refractivity contribution is 5.31. The van der Waals surface area contributed by atoms with Crippen LogP contribution in [0, 0.1) is 5.41 Å². The fourth-order valence-electron chi connectivity index (χ4n) is 2.91. The third-order valence-electron chi connectivity index (χ3n) is 4.27. The molecule has 0 heterocycles. The van der Waals surface area contributed by atoms with Gasteiger partial charge in [0.2, 0.25) is 0 Å². The first kappa shape index (κ1) is 11.7. The quantitative estimate of drug-likeness (QED) is 0.803. The molecule has 0 spiro atoms. The lowest BCUT2D eigenvalue weighted by atomic mass is 9.73. The van der Waals surface area contributed by atoms with E-state index in [4.69, 9.17) is 0 Å². The van der Waals surface area contributed by atoms with Crippen LogP contribution in [0.25, 0.3) is 0 Å². The van der Waals surface area contributed by atoms with Gasteiger partial charge in [-0.3, -0.25) is 0 Å². The molecular formula is C15H22O. The van der Waals surface area contributed by atoms with Gasteiger partial charge in [0.1, 0.15) is 0 Å². The Morgan fingerprint density at radius 2 is 2.00 bits per heavy atom. The minimum Gasteiger partial charge on any atom is -0.385 e. The third kappa shape index (κ3) is 1.67. The van der Waals surface area contributed by atoms with Crippen LogP contribution in [0.5, 0.6) is 0 Å². The average Bonchev–Trinajstić information content (AvgIpc) is 2.55. The van der Waals surface area contributed by atoms with E-state index in [1.165, 1.54) is 5.56 Å². The van der Waals surface area contributed by atoms with Crippen molar-refractivity contribution in [2.24, 2.45) is 5.41 Å². The highest BCUT2D eigenvalue weighted by Gasteiger charge is 2.48. The third-order valence-corrected chi connectivity index (χ3v) is 4.27. The second-order valence-corrected chi connectivity index (χ2v) is 5.65. The van der Waals surface area contributed by atoms with Gasteiger partial charge in [0.15, 0.2) is 0 Å². The molecule has 0 aliphatic heterocycles. The highest BCUT2D eigenvalue weighted by atomic mass is 16.3. The summed E-state index contributed by atoms with van der Waals surface area (Å²) in [4.78, 5) is 0. The van der Waals surface area contributed by atoms with Crippen molar-refractivity contribution in [1.82, 2.24) is 0 Å². The molecule has 0 radical (unpaired) electrons. The molecule has 0 aromatic heterocycles. The predicted octanol–water partition coefficient (Wildman–Crippen LogP) is 3.65. The van der Waals surface area contributed by atoms with Gasteiger partial charge in [-0.25, -0.2) is 0 Å². The predicted molar refractivity (Wildman–Crippen MR) is 67.3 cm³/mol. The van der Waals surface area contributed by atoms with Gasteiger partial charge in [0.25, 0.3) is 0 Å². The van der Waals surface area contributed by atoms with Gasteiger partial charge in [-0.2, -0.15) is 0 Å². The van der Waals surface area contributed by atoms with Crippen molar-refractivity contribution in [3.63, 3.8) is 0 Å². The Morgan fingerprint density at radius 3 is 2.56 bits per heavy atom. The van der Waals surface area contributed by atoms with Gasteiger partial charge in [-0.1, -0.05) is 45.0 Å². The van der Waals surface area contributed by atoms with Crippen molar-refractivity contribution < 1.29 is 5.11 Å². The van der Waals surface area contributed by atoms with Crippen molar-refractivity contribution in [1.29, 1.82) is 0 Å². The topological polar surface area (TPSA) is 20.2 Å². The summed E-state index contributed by atoms with van der Waals surface area (Å²) >= 11 is 0. The summed E-state index contributed by atoms with van der Waals surface area (Å²) in [7, 11) is 0. The standard InChI is InChI=1S/C15H22O/c1-4-12-7-5-8-13(11-12)15(16)10-6-9-14(15,2)3/h5,7-8,11,16H,4,6,9-10H2,1-3H3. The van der Waals surface area contributed by atoms with Crippen LogP contribution < -0.4 is 0 Å². The number of aliphatic hydroxyl groups is 1. The summed E-state index contributed by atoms with van der Waals surface area (Å²) < 4.78 is 0. The van der Waals surface area contributed by atoms with E-state index in [9.17, 15) is 5.11 Å². The fourth-order valence-corrected chi connectivity index (χ4v) is 2.91. The van der Waals surface area contributed by atoms with Gasteiger partial charge in [0, 0.05) is 0 Å². The lowest BCUT2D eigenvalue weighted by molar-refractivity contribution is -0.0485. The minimum atomic E-state index is -0.627. The molecule has 1 nitrogen and oxygen atoms in total. The van der Waals surface area contributed by atoms with Crippen LogP contribution in [0.4, 0.5) is 0 Å². The maximum absolute atomic E-state index is 10.9. The first-order valence-corrected chi connectivity index (χ1v) is 6.31. The van der Waals surface area contributed by atoms with Crippen LogP contribution in [-0.2, 0) is 12.0 Å². The second kappa shape index (κ2) is 3.89. The first-order chi connectivity index (χ1) is 7.49. The maximum atomic E-state index is 10.9. The number of hydrogen-bond donors (Lipinski definition) is 1. The molecule has 1 aromatic carbocycles. The smallest absolute Gasteiger partial charge is 0.0947 e. The number of rotatable bonds is 2. The van der Waals surface area contributed by atoms with Gasteiger partial charge >= 0.3 is 0 Å². The summed E-state index contributed by atoms with van der Waals surface area (Å²) in [6.45, 7) is 6.51. The van der Waals surface area contributed by atoms with E-state index in [0.717, 1.165) is 31.2 Å². The van der Waals surface area contributed by atoms with E-state index in [1.54, 1.807) is 0 Å². The summed E-state index contributed by atoms with van der Waals surface area (Å²) in [6, 6.07) is 8.45. The molecule has 88 valence electrons. The van der Waals surface area contributed by atoms with Crippen LogP contribution in [0.1, 0.15) is 51.2 Å². The minimum absolute atomic E-state index is 0.000630. The molecule has 1 aliphatic carbocycles. The summed E-state index contributed by atoms with van der Waals surface area (Å²) in [5, 5.41) is 10.9. The summed E-state index contributed by atoms with van der Waals surface area (Å²) in [5.74, 6) is 0. The van der Waals surface area contributed by atoms with Crippen molar-refractivity contribution >= 4 is 0 Å². The molecule has 0 saturated heterocycles. The van der Waals surface area contributed by atoms with Crippen LogP contribution in [0.15, 0.2) is 24.3 Å². The Kier molecular flexibility index (Phi) is 2.83. The van der Waals surface area contributed by atoms with Gasteiger partial charge in [-0.05, 0) is 42.2 Å². The van der Waals surface area contributed by atoms with E-state index < -0.39 is 5.60 Å². The molecule has 1 heteroatoms. The van der Waals surface area contributed by atoms with E-state index >= 15 is 0 Å². The molecular weight excluding hydrogens is 196 g/mol. The number of aryl methyl sites for hydroxylation is 1. The van der Waals surface area contributed by atoms with Crippen LogP contribution in [0.3, 0.4) is 0 Å². The van der Waals surface area contributed by atoms with E-state index in [0.29, 0.717) is 0 Å². The summed E-state index contributed by atoms with van der Waals surface area (Å²) in [5.41, 5.74) is 1.79. The Morgan fingerprint density at radius 1 is 1.25 bits per heavy atom. The average molecular weight is 218 g/mol. The summed E-state index contributed by atoms with van der Waals surface area (Å²) in [6.07, 6.45) is 4.16. The molecule has 0 amide bonds. The molecule has 1 aliphatic rings. The largest absolute Gasteiger partial charge is 0.385 e. The van der Waals surface area contributed by atoms with Gasteiger partial charge < -0.3 is 5.11 Å². The molecule has 1 saturated carbocycles. The van der Waals surface area contributed by atoms with Crippen molar-refractivity contribution in [2.45, 2.75) is 52.1 Å². The Labute approximate surface area is 98.5 Å². The zero-order valence-corrected chi connectivity index (χ0v) is 10.6. The Hall–Kier alpha value is -0.820. The van der Waals surface area contributed by atoms with E-state index in [2.05, 4.69) is 45.0 Å². The number of hydrogen-bond acceptors (Lipinski definition) is 1. The zero-order chi connectivity index (χ0) is 11.8. The molecule has 1 N–H and O–H groups in total. The zero-order valence-electron chi connectivity index (χ0n) is 10.6. The van der Waals surface area contributed by atoms with E-state index in [-0.39, 0.29) is 5.41 Å². The number of benzene rings is 1. The monoisotopic (exact) mass is 218 g/mol. The lowest BCUT2D eigenvalue weighted by Gasteiger charge is -2.37. The molecule has 16 heavy (non-hydrogen) atoms. The lowest BCUT2D eigenvalue weighted by Crippen LogP contribution is -2.36. The van der Waals surface area contributed by atoms with Crippen LogP contribution in [0.2, 0.25) is 0 Å². The van der Waals surface area contributed by atoms with Gasteiger partial charge in [-0.15, -0.1) is 0 Å². The SMILES string of the molecule is CCc1cccc(C2(O)CCCC2(C)C)c1. The molecule has 1 unspecified atom stereocenters. The van der Waals surface area contributed by atoms with Crippen molar-refractivity contribution in [2.75, 3.05) is 0 Å².